The summed E-state index contributed by atoms with van der Waals surface area (Å²) in [4.78, 5) is 2.09. The van der Waals surface area contributed by atoms with E-state index in [1.54, 1.807) is 0 Å². The van der Waals surface area contributed by atoms with E-state index in [0.29, 0.717) is 5.02 Å². The molecule has 0 amide bonds. The van der Waals surface area contributed by atoms with Gasteiger partial charge in [0.25, 0.3) is 0 Å². The first kappa shape index (κ1) is 15.2. The number of nitrogens with one attached hydrogen (secondary N) is 1. The lowest BCUT2D eigenvalue weighted by Gasteiger charge is -2.18. The van der Waals surface area contributed by atoms with E-state index in [9.17, 15) is 0 Å². The van der Waals surface area contributed by atoms with Gasteiger partial charge in [-0.25, -0.2) is 0 Å². The summed E-state index contributed by atoms with van der Waals surface area (Å²) in [7, 11) is 4.08. The predicted octanol–water partition coefficient (Wildman–Crippen LogP) is 5.34. The summed E-state index contributed by atoms with van der Waals surface area (Å²) in [6, 6.07) is 14.7. The van der Waals surface area contributed by atoms with Crippen molar-refractivity contribution in [2.24, 2.45) is 0 Å². The normalized spacial score (nSPS) is 12.1. The lowest BCUT2D eigenvalue weighted by atomic mass is 10.1. The van der Waals surface area contributed by atoms with Crippen LogP contribution >= 0.6 is 27.5 Å². The van der Waals surface area contributed by atoms with Gasteiger partial charge in [0.05, 0.1) is 5.02 Å². The molecule has 106 valence electrons. The van der Waals surface area contributed by atoms with Gasteiger partial charge in [0.15, 0.2) is 0 Å². The molecule has 0 aliphatic heterocycles. The number of anilines is 2. The van der Waals surface area contributed by atoms with Gasteiger partial charge in [-0.2, -0.15) is 0 Å². The Morgan fingerprint density at radius 3 is 2.30 bits per heavy atom. The first-order valence-electron chi connectivity index (χ1n) is 6.46. The van der Waals surface area contributed by atoms with Gasteiger partial charge < -0.3 is 10.2 Å². The Balaban J connectivity index is 2.10. The first-order chi connectivity index (χ1) is 9.47. The molecule has 2 nitrogen and oxygen atoms in total. The van der Waals surface area contributed by atoms with Gasteiger partial charge in [-0.15, -0.1) is 0 Å². The van der Waals surface area contributed by atoms with Crippen molar-refractivity contribution in [3.63, 3.8) is 0 Å². The molecule has 0 heterocycles. The van der Waals surface area contributed by atoms with Crippen molar-refractivity contribution < 1.29 is 0 Å². The van der Waals surface area contributed by atoms with Crippen LogP contribution in [0.5, 0.6) is 0 Å². The second-order valence-corrected chi connectivity index (χ2v) is 6.24. The monoisotopic (exact) mass is 352 g/mol. The molecule has 0 aromatic heterocycles. The topological polar surface area (TPSA) is 15.3 Å². The second kappa shape index (κ2) is 6.51. The van der Waals surface area contributed by atoms with Crippen molar-refractivity contribution in [3.8, 4) is 0 Å². The minimum atomic E-state index is 0.225. The van der Waals surface area contributed by atoms with Crippen LogP contribution in [-0.2, 0) is 0 Å². The van der Waals surface area contributed by atoms with Gasteiger partial charge in [-0.3, -0.25) is 0 Å². The highest BCUT2D eigenvalue weighted by molar-refractivity contribution is 9.10. The Hall–Kier alpha value is -1.19. The zero-order valence-corrected chi connectivity index (χ0v) is 14.2. The standard InChI is InChI=1S/C16H18BrClN2/c1-11(12-4-7-14(8-5-12)20(2)3)19-13-6-9-15(17)16(18)10-13/h4-11,19H,1-3H3. The van der Waals surface area contributed by atoms with Crippen molar-refractivity contribution >= 4 is 38.9 Å². The fourth-order valence-electron chi connectivity index (χ4n) is 1.98. The lowest BCUT2D eigenvalue weighted by Crippen LogP contribution is -2.10. The Morgan fingerprint density at radius 2 is 1.75 bits per heavy atom. The average Bonchev–Trinajstić information content (AvgIpc) is 2.43. The quantitative estimate of drug-likeness (QED) is 0.798. The van der Waals surface area contributed by atoms with Crippen LogP contribution in [-0.4, -0.2) is 14.1 Å². The fraction of sp³-hybridized carbons (Fsp3) is 0.250. The molecule has 0 saturated carbocycles. The van der Waals surface area contributed by atoms with Crippen molar-refractivity contribution in [1.82, 2.24) is 0 Å². The lowest BCUT2D eigenvalue weighted by molar-refractivity contribution is 0.884. The second-order valence-electron chi connectivity index (χ2n) is 4.98. The third-order valence-corrected chi connectivity index (χ3v) is 4.44. The number of benzene rings is 2. The van der Waals surface area contributed by atoms with Crippen LogP contribution < -0.4 is 10.2 Å². The summed E-state index contributed by atoms with van der Waals surface area (Å²) >= 11 is 9.50. The molecule has 1 unspecified atom stereocenters. The number of hydrogen-bond acceptors (Lipinski definition) is 2. The Bertz CT molecular complexity index is 582. The van der Waals surface area contributed by atoms with Gasteiger partial charge in [0, 0.05) is 36.0 Å². The minimum Gasteiger partial charge on any atom is -0.378 e. The SMILES string of the molecule is CC(Nc1ccc(Br)c(Cl)c1)c1ccc(N(C)C)cc1. The van der Waals surface area contributed by atoms with Gasteiger partial charge in [-0.05, 0) is 58.7 Å². The Labute approximate surface area is 133 Å². The van der Waals surface area contributed by atoms with Crippen molar-refractivity contribution in [2.75, 3.05) is 24.3 Å². The molecule has 0 bridgehead atoms. The van der Waals surface area contributed by atoms with Crippen molar-refractivity contribution in [1.29, 1.82) is 0 Å². The highest BCUT2D eigenvalue weighted by atomic mass is 79.9. The van der Waals surface area contributed by atoms with Crippen LogP contribution in [0, 0.1) is 0 Å². The predicted molar refractivity (Wildman–Crippen MR) is 92.0 cm³/mol. The van der Waals surface area contributed by atoms with Crippen LogP contribution in [0.15, 0.2) is 46.9 Å². The largest absolute Gasteiger partial charge is 0.378 e. The smallest absolute Gasteiger partial charge is 0.0568 e. The summed E-state index contributed by atoms with van der Waals surface area (Å²) in [5.41, 5.74) is 3.46. The Kier molecular flexibility index (Phi) is 4.95. The first-order valence-corrected chi connectivity index (χ1v) is 7.63. The van der Waals surface area contributed by atoms with E-state index < -0.39 is 0 Å². The molecule has 0 radical (unpaired) electrons. The maximum Gasteiger partial charge on any atom is 0.0568 e. The third-order valence-electron chi connectivity index (χ3n) is 3.21. The molecule has 2 aromatic carbocycles. The van der Waals surface area contributed by atoms with Gasteiger partial charge >= 0.3 is 0 Å². The van der Waals surface area contributed by atoms with Crippen molar-refractivity contribution in [3.05, 3.63) is 57.5 Å². The van der Waals surface area contributed by atoms with E-state index in [4.69, 9.17) is 11.6 Å². The molecule has 0 saturated heterocycles. The third kappa shape index (κ3) is 3.68. The van der Waals surface area contributed by atoms with Crippen LogP contribution in [0.25, 0.3) is 0 Å². The van der Waals surface area contributed by atoms with E-state index in [2.05, 4.69) is 57.3 Å². The molecule has 4 heteroatoms. The van der Waals surface area contributed by atoms with Gasteiger partial charge in [0.2, 0.25) is 0 Å². The molecule has 2 rings (SSSR count). The molecular weight excluding hydrogens is 336 g/mol. The highest BCUT2D eigenvalue weighted by Gasteiger charge is 2.07. The molecule has 20 heavy (non-hydrogen) atoms. The fourth-order valence-corrected chi connectivity index (χ4v) is 2.41. The molecule has 2 aromatic rings. The van der Waals surface area contributed by atoms with E-state index in [1.165, 1.54) is 11.3 Å². The van der Waals surface area contributed by atoms with E-state index >= 15 is 0 Å². The molecule has 0 fully saturated rings. The number of nitrogens with zero attached hydrogens (tertiary/aromatic N) is 1. The summed E-state index contributed by atoms with van der Waals surface area (Å²) in [6.45, 7) is 2.14. The van der Waals surface area contributed by atoms with Crippen LogP contribution in [0.4, 0.5) is 11.4 Å². The highest BCUT2D eigenvalue weighted by Crippen LogP contribution is 2.28. The van der Waals surface area contributed by atoms with E-state index in [-0.39, 0.29) is 6.04 Å². The zero-order chi connectivity index (χ0) is 14.7. The average molecular weight is 354 g/mol. The summed E-state index contributed by atoms with van der Waals surface area (Å²) in [6.07, 6.45) is 0. The summed E-state index contributed by atoms with van der Waals surface area (Å²) in [5.74, 6) is 0. The summed E-state index contributed by atoms with van der Waals surface area (Å²) < 4.78 is 0.910. The minimum absolute atomic E-state index is 0.225. The summed E-state index contributed by atoms with van der Waals surface area (Å²) in [5, 5.41) is 4.17. The van der Waals surface area contributed by atoms with Gasteiger partial charge in [0.1, 0.15) is 0 Å². The van der Waals surface area contributed by atoms with E-state index in [0.717, 1.165) is 10.2 Å². The maximum atomic E-state index is 6.11. The number of rotatable bonds is 4. The molecule has 0 spiro atoms. The molecule has 1 N–H and O–H groups in total. The molecule has 0 aliphatic carbocycles. The van der Waals surface area contributed by atoms with Crippen molar-refractivity contribution in [2.45, 2.75) is 13.0 Å². The molecular formula is C16H18BrClN2. The maximum absolute atomic E-state index is 6.11. The van der Waals surface area contributed by atoms with Crippen LogP contribution in [0.2, 0.25) is 5.02 Å². The Morgan fingerprint density at radius 1 is 1.10 bits per heavy atom. The molecule has 1 atom stereocenters. The number of halogens is 2. The number of hydrogen-bond donors (Lipinski definition) is 1. The van der Waals surface area contributed by atoms with Gasteiger partial charge in [-0.1, -0.05) is 23.7 Å². The van der Waals surface area contributed by atoms with Crippen LogP contribution in [0.1, 0.15) is 18.5 Å². The van der Waals surface area contributed by atoms with Crippen LogP contribution in [0.3, 0.4) is 0 Å². The van der Waals surface area contributed by atoms with E-state index in [1.807, 2.05) is 32.3 Å². The zero-order valence-electron chi connectivity index (χ0n) is 11.8. The molecule has 0 aliphatic rings.